The Labute approximate surface area is 250 Å². The van der Waals surface area contributed by atoms with Crippen molar-refractivity contribution in [1.29, 1.82) is 0 Å². The first-order chi connectivity index (χ1) is 19.6. The van der Waals surface area contributed by atoms with Gasteiger partial charge in [-0.1, -0.05) is 76.7 Å². The van der Waals surface area contributed by atoms with Gasteiger partial charge in [-0.2, -0.15) is 0 Å². The molecule has 0 heterocycles. The Balaban J connectivity index is 4.58. The molecule has 0 aliphatic carbocycles. The van der Waals surface area contributed by atoms with Gasteiger partial charge in [-0.05, 0) is 44.9 Å². The number of aliphatic carboxylic acids is 1. The average molecular weight is 582 g/mol. The fourth-order valence-corrected chi connectivity index (χ4v) is 4.24. The molecule has 0 aromatic carbocycles. The molecule has 0 fully saturated rings. The van der Waals surface area contributed by atoms with E-state index in [1.54, 1.807) is 21.1 Å². The van der Waals surface area contributed by atoms with Gasteiger partial charge in [0.15, 0.2) is 6.10 Å². The van der Waals surface area contributed by atoms with Crippen molar-refractivity contribution in [2.24, 2.45) is 0 Å². The van der Waals surface area contributed by atoms with Crippen molar-refractivity contribution in [3.05, 3.63) is 24.3 Å². The van der Waals surface area contributed by atoms with E-state index in [0.29, 0.717) is 12.8 Å². The summed E-state index contributed by atoms with van der Waals surface area (Å²) in [5.41, 5.74) is 0. The Bertz CT molecular complexity index is 742. The van der Waals surface area contributed by atoms with Crippen molar-refractivity contribution in [3.8, 4) is 0 Å². The van der Waals surface area contributed by atoms with E-state index in [1.807, 2.05) is 6.08 Å². The first kappa shape index (κ1) is 38.8. The zero-order chi connectivity index (χ0) is 30.8. The highest BCUT2D eigenvalue weighted by Gasteiger charge is 2.25. The summed E-state index contributed by atoms with van der Waals surface area (Å²) < 4.78 is 16.8. The number of unbranched alkanes of at least 4 members (excludes halogenated alkanes) is 9. The minimum Gasteiger partial charge on any atom is -0.544 e. The van der Waals surface area contributed by atoms with Crippen LogP contribution in [0.5, 0.6) is 0 Å². The lowest BCUT2D eigenvalue weighted by molar-refractivity contribution is -0.889. The van der Waals surface area contributed by atoms with Gasteiger partial charge in [0.2, 0.25) is 0 Å². The van der Waals surface area contributed by atoms with Crippen LogP contribution < -0.4 is 5.11 Å². The predicted octanol–water partition coefficient (Wildman–Crippen LogP) is 5.68. The maximum absolute atomic E-state index is 12.5. The van der Waals surface area contributed by atoms with Crippen LogP contribution in [0.1, 0.15) is 117 Å². The summed E-state index contributed by atoms with van der Waals surface area (Å²) in [6.45, 7) is 4.46. The maximum atomic E-state index is 12.5. The summed E-state index contributed by atoms with van der Waals surface area (Å²) in [5.74, 6) is -1.83. The monoisotopic (exact) mass is 581 g/mol. The Kier molecular flexibility index (Phi) is 24.2. The number of carbonyl (C=O) groups is 3. The maximum Gasteiger partial charge on any atom is 0.306 e. The molecule has 0 amide bonds. The molecule has 0 N–H and O–H groups in total. The van der Waals surface area contributed by atoms with Crippen molar-refractivity contribution in [2.45, 2.75) is 129 Å². The standard InChI is InChI=1S/C33H59NO7/c1-6-8-10-12-14-15-16-18-20-22-24-32(36)41-29(27-39-26-25-30(33(37)38)34(3,4)5)28-40-31(35)23-21-19-17-13-11-9-7-2/h12,14,17,19,29-30H,6-11,13,15-16,18,20-28H2,1-5H3/b14-12+,19-17+. The number of allylic oxidation sites excluding steroid dienone is 4. The van der Waals surface area contributed by atoms with Gasteiger partial charge in [0.1, 0.15) is 12.6 Å². The summed E-state index contributed by atoms with van der Waals surface area (Å²) in [6.07, 6.45) is 22.4. The molecule has 2 unspecified atom stereocenters. The van der Waals surface area contributed by atoms with Gasteiger partial charge in [0.25, 0.3) is 0 Å². The lowest BCUT2D eigenvalue weighted by Gasteiger charge is -2.34. The molecular weight excluding hydrogens is 522 g/mol. The first-order valence-corrected chi connectivity index (χ1v) is 15.9. The first-order valence-electron chi connectivity index (χ1n) is 15.9. The molecule has 8 nitrogen and oxygen atoms in total. The molecule has 0 aromatic heterocycles. The van der Waals surface area contributed by atoms with Crippen LogP contribution in [0.4, 0.5) is 0 Å². The Hall–Kier alpha value is -2.19. The number of rotatable bonds is 27. The second kappa shape index (κ2) is 25.5. The fourth-order valence-electron chi connectivity index (χ4n) is 4.24. The molecule has 0 spiro atoms. The molecule has 0 aliphatic heterocycles. The van der Waals surface area contributed by atoms with E-state index in [1.165, 1.54) is 25.7 Å². The number of carboxylic acid groups (broad SMARTS) is 1. The SMILES string of the molecule is CCCC/C=C/CCCCCCC(=O)OC(COCCC(C(=O)[O-])[N+](C)(C)C)COC(=O)CC/C=C/CCCCC. The summed E-state index contributed by atoms with van der Waals surface area (Å²) in [6, 6.07) is -0.726. The van der Waals surface area contributed by atoms with Crippen molar-refractivity contribution in [1.82, 2.24) is 0 Å². The lowest BCUT2D eigenvalue weighted by Crippen LogP contribution is -2.55. The molecule has 0 aromatic rings. The number of carboxylic acids is 1. The minimum absolute atomic E-state index is 0.0254. The number of carbonyl (C=O) groups excluding carboxylic acids is 3. The highest BCUT2D eigenvalue weighted by atomic mass is 16.6. The topological polar surface area (TPSA) is 102 Å². The van der Waals surface area contributed by atoms with Gasteiger partial charge < -0.3 is 28.6 Å². The summed E-state index contributed by atoms with van der Waals surface area (Å²) in [7, 11) is 5.36. The van der Waals surface area contributed by atoms with E-state index < -0.39 is 18.1 Å². The third-order valence-electron chi connectivity index (χ3n) is 6.82. The molecule has 238 valence electrons. The summed E-state index contributed by atoms with van der Waals surface area (Å²) >= 11 is 0. The molecule has 8 heteroatoms. The van der Waals surface area contributed by atoms with Gasteiger partial charge >= 0.3 is 11.9 Å². The molecule has 2 atom stereocenters. The van der Waals surface area contributed by atoms with E-state index in [-0.39, 0.29) is 49.1 Å². The molecular formula is C33H59NO7. The van der Waals surface area contributed by atoms with Gasteiger partial charge in [0.05, 0.1) is 40.3 Å². The number of quaternary nitrogens is 1. The van der Waals surface area contributed by atoms with Crippen LogP contribution >= 0.6 is 0 Å². The quantitative estimate of drug-likeness (QED) is 0.0533. The third-order valence-corrected chi connectivity index (χ3v) is 6.82. The molecule has 41 heavy (non-hydrogen) atoms. The zero-order valence-corrected chi connectivity index (χ0v) is 26.7. The Morgan fingerprint density at radius 2 is 1.29 bits per heavy atom. The van der Waals surface area contributed by atoms with Crippen LogP contribution in [-0.2, 0) is 28.6 Å². The van der Waals surface area contributed by atoms with Gasteiger partial charge in [0, 0.05) is 19.3 Å². The van der Waals surface area contributed by atoms with E-state index >= 15 is 0 Å². The van der Waals surface area contributed by atoms with Gasteiger partial charge in [-0.3, -0.25) is 9.59 Å². The summed E-state index contributed by atoms with van der Waals surface area (Å²) in [5, 5.41) is 11.5. The number of hydrogen-bond acceptors (Lipinski definition) is 7. The summed E-state index contributed by atoms with van der Waals surface area (Å²) in [4.78, 5) is 36.2. The van der Waals surface area contributed by atoms with Gasteiger partial charge in [-0.15, -0.1) is 0 Å². The normalized spacial score (nSPS) is 13.5. The molecule has 0 bridgehead atoms. The number of ether oxygens (including phenoxy) is 3. The fraction of sp³-hybridized carbons (Fsp3) is 0.788. The predicted molar refractivity (Wildman–Crippen MR) is 162 cm³/mol. The molecule has 0 saturated carbocycles. The highest BCUT2D eigenvalue weighted by molar-refractivity contribution is 5.70. The number of nitrogens with zero attached hydrogens (tertiary/aromatic N) is 1. The zero-order valence-electron chi connectivity index (χ0n) is 26.7. The van der Waals surface area contributed by atoms with Crippen molar-refractivity contribution < 1.29 is 38.2 Å². The van der Waals surface area contributed by atoms with Crippen LogP contribution in [0.15, 0.2) is 24.3 Å². The number of esters is 2. The van der Waals surface area contributed by atoms with Crippen LogP contribution in [0, 0.1) is 0 Å². The van der Waals surface area contributed by atoms with E-state index in [4.69, 9.17) is 14.2 Å². The smallest absolute Gasteiger partial charge is 0.306 e. The van der Waals surface area contributed by atoms with E-state index in [0.717, 1.165) is 51.4 Å². The third kappa shape index (κ3) is 24.1. The van der Waals surface area contributed by atoms with E-state index in [9.17, 15) is 19.5 Å². The molecule has 0 radical (unpaired) electrons. The van der Waals surface area contributed by atoms with Crippen LogP contribution in [-0.4, -0.2) is 75.5 Å². The largest absolute Gasteiger partial charge is 0.544 e. The Morgan fingerprint density at radius 3 is 1.90 bits per heavy atom. The van der Waals surface area contributed by atoms with Crippen LogP contribution in [0.25, 0.3) is 0 Å². The number of hydrogen-bond donors (Lipinski definition) is 0. The van der Waals surface area contributed by atoms with Crippen molar-refractivity contribution in [2.75, 3.05) is 41.0 Å². The lowest BCUT2D eigenvalue weighted by atomic mass is 10.1. The minimum atomic E-state index is -1.13. The van der Waals surface area contributed by atoms with Crippen LogP contribution in [0.2, 0.25) is 0 Å². The highest BCUT2D eigenvalue weighted by Crippen LogP contribution is 2.11. The second-order valence-electron chi connectivity index (χ2n) is 11.7. The second-order valence-corrected chi connectivity index (χ2v) is 11.7. The van der Waals surface area contributed by atoms with Crippen molar-refractivity contribution >= 4 is 17.9 Å². The number of likely N-dealkylation sites (N-methyl/N-ethyl adjacent to an activating group) is 1. The average Bonchev–Trinajstić information content (AvgIpc) is 2.91. The molecule has 0 saturated heterocycles. The van der Waals surface area contributed by atoms with E-state index in [2.05, 4.69) is 32.1 Å². The Morgan fingerprint density at radius 1 is 0.707 bits per heavy atom. The van der Waals surface area contributed by atoms with Crippen molar-refractivity contribution in [3.63, 3.8) is 0 Å². The van der Waals surface area contributed by atoms with Crippen LogP contribution in [0.3, 0.4) is 0 Å². The molecule has 0 aliphatic rings. The van der Waals surface area contributed by atoms with Gasteiger partial charge in [-0.25, -0.2) is 0 Å². The molecule has 0 rings (SSSR count).